The van der Waals surface area contributed by atoms with Gasteiger partial charge in [0.25, 0.3) is 0 Å². The minimum Gasteiger partial charge on any atom is -0.233 e. The second-order valence-electron chi connectivity index (χ2n) is 5.08. The van der Waals surface area contributed by atoms with Gasteiger partial charge in [0.1, 0.15) is 9.84 Å². The van der Waals surface area contributed by atoms with Gasteiger partial charge in [0.2, 0.25) is 0 Å². The molecule has 0 saturated heterocycles. The zero-order chi connectivity index (χ0) is 12.7. The van der Waals surface area contributed by atoms with Crippen molar-refractivity contribution in [2.75, 3.05) is 18.6 Å². The summed E-state index contributed by atoms with van der Waals surface area (Å²) in [4.78, 5) is 3.95. The zero-order valence-electron chi connectivity index (χ0n) is 10.4. The first-order chi connectivity index (χ1) is 8.01. The van der Waals surface area contributed by atoms with Gasteiger partial charge in [0.15, 0.2) is 0 Å². The average Bonchev–Trinajstić information content (AvgIpc) is 2.27. The van der Waals surface area contributed by atoms with E-state index in [4.69, 9.17) is 0 Å². The zero-order valence-corrected chi connectivity index (χ0v) is 12.0. The Labute approximate surface area is 110 Å². The second-order valence-corrected chi connectivity index (χ2v) is 7.52. The second kappa shape index (κ2) is 7.24. The smallest absolute Gasteiger partial charge is 0.147 e. The monoisotopic (exact) mass is 275 g/mol. The molecule has 1 fully saturated rings. The highest BCUT2D eigenvalue weighted by Crippen LogP contribution is 2.33. The molecule has 17 heavy (non-hydrogen) atoms. The van der Waals surface area contributed by atoms with Gasteiger partial charge >= 0.3 is 0 Å². The van der Waals surface area contributed by atoms with Gasteiger partial charge in [-0.3, -0.25) is 0 Å². The Morgan fingerprint density at radius 2 is 1.94 bits per heavy atom. The van der Waals surface area contributed by atoms with Gasteiger partial charge in [-0.2, -0.15) is 0 Å². The van der Waals surface area contributed by atoms with Crippen molar-refractivity contribution in [3.8, 4) is 0 Å². The molecule has 3 nitrogen and oxygen atoms in total. The predicted octanol–water partition coefficient (Wildman–Crippen LogP) is 2.72. The predicted molar refractivity (Wildman–Crippen MR) is 74.3 cm³/mol. The molecule has 98 valence electrons. The maximum atomic E-state index is 11.1. The van der Waals surface area contributed by atoms with E-state index < -0.39 is 9.84 Å². The third-order valence-corrected chi connectivity index (χ3v) is 4.61. The molecular formula is C12H21NO2S2. The largest absolute Gasteiger partial charge is 0.233 e. The highest BCUT2D eigenvalue weighted by molar-refractivity contribution is 7.90. The molecule has 5 heteroatoms. The van der Waals surface area contributed by atoms with Gasteiger partial charge in [-0.15, -0.1) is 0 Å². The first-order valence-corrected chi connectivity index (χ1v) is 8.69. The quantitative estimate of drug-likeness (QED) is 0.553. The lowest BCUT2D eigenvalue weighted by atomic mass is 9.79. The molecular weight excluding hydrogens is 254 g/mol. The van der Waals surface area contributed by atoms with Gasteiger partial charge in [-0.05, 0) is 43.3 Å². The fourth-order valence-corrected chi connectivity index (χ4v) is 3.45. The summed E-state index contributed by atoms with van der Waals surface area (Å²) in [5.41, 5.74) is 0. The van der Waals surface area contributed by atoms with Crippen molar-refractivity contribution in [1.29, 1.82) is 0 Å². The van der Waals surface area contributed by atoms with Crippen LogP contribution >= 0.6 is 12.2 Å². The molecule has 1 aliphatic carbocycles. The highest BCUT2D eigenvalue weighted by atomic mass is 32.2. The number of aliphatic imine (C=N–C) groups is 1. The molecule has 0 spiro atoms. The number of hydrogen-bond donors (Lipinski definition) is 0. The summed E-state index contributed by atoms with van der Waals surface area (Å²) in [5, 5.41) is 2.39. The van der Waals surface area contributed by atoms with E-state index in [1.807, 2.05) is 0 Å². The third-order valence-electron chi connectivity index (χ3n) is 3.50. The maximum absolute atomic E-state index is 11.1. The topological polar surface area (TPSA) is 46.5 Å². The summed E-state index contributed by atoms with van der Waals surface area (Å²) >= 11 is 4.54. The lowest BCUT2D eigenvalue weighted by Gasteiger charge is -2.28. The molecule has 0 N–H and O–H groups in total. The molecule has 0 aliphatic heterocycles. The van der Waals surface area contributed by atoms with Crippen molar-refractivity contribution in [1.82, 2.24) is 0 Å². The van der Waals surface area contributed by atoms with Crippen LogP contribution in [0.5, 0.6) is 0 Å². The van der Waals surface area contributed by atoms with E-state index in [0.29, 0.717) is 17.6 Å². The Balaban J connectivity index is 2.30. The molecule has 0 heterocycles. The van der Waals surface area contributed by atoms with E-state index in [1.165, 1.54) is 25.5 Å². The molecule has 1 rings (SSSR count). The van der Waals surface area contributed by atoms with Crippen LogP contribution in [0.2, 0.25) is 0 Å². The van der Waals surface area contributed by atoms with E-state index in [0.717, 1.165) is 25.8 Å². The van der Waals surface area contributed by atoms with Crippen LogP contribution in [0.3, 0.4) is 0 Å². The number of rotatable bonds is 6. The first-order valence-electron chi connectivity index (χ1n) is 6.22. The van der Waals surface area contributed by atoms with Crippen molar-refractivity contribution < 1.29 is 8.42 Å². The molecule has 2 atom stereocenters. The standard InChI is InChI=1S/C12H21NO2S2/c1-17(14,15)8-6-12-4-2-3-11(9-12)5-7-13-10-16/h11-12H,2-9H2,1H3. The lowest BCUT2D eigenvalue weighted by molar-refractivity contribution is 0.253. The number of nitrogens with zero attached hydrogens (tertiary/aromatic N) is 1. The fourth-order valence-electron chi connectivity index (χ4n) is 2.60. The van der Waals surface area contributed by atoms with Crippen LogP contribution < -0.4 is 0 Å². The van der Waals surface area contributed by atoms with E-state index in [1.54, 1.807) is 0 Å². The van der Waals surface area contributed by atoms with Crippen LogP contribution in [0.25, 0.3) is 0 Å². The van der Waals surface area contributed by atoms with Crippen LogP contribution in [-0.2, 0) is 9.84 Å². The van der Waals surface area contributed by atoms with Crippen LogP contribution in [-0.4, -0.2) is 32.1 Å². The van der Waals surface area contributed by atoms with Crippen molar-refractivity contribution in [2.24, 2.45) is 16.8 Å². The summed E-state index contributed by atoms with van der Waals surface area (Å²) in [5.74, 6) is 1.61. The molecule has 2 unspecified atom stereocenters. The average molecular weight is 275 g/mol. The van der Waals surface area contributed by atoms with Crippen molar-refractivity contribution in [3.63, 3.8) is 0 Å². The Kier molecular flexibility index (Phi) is 6.31. The van der Waals surface area contributed by atoms with Crippen molar-refractivity contribution >= 4 is 27.2 Å². The number of hydrogen-bond acceptors (Lipinski definition) is 4. The summed E-state index contributed by atoms with van der Waals surface area (Å²) in [6.45, 7) is 0.771. The van der Waals surface area contributed by atoms with Gasteiger partial charge in [0, 0.05) is 12.8 Å². The van der Waals surface area contributed by atoms with Gasteiger partial charge in [-0.25, -0.2) is 13.4 Å². The summed E-state index contributed by atoms with van der Waals surface area (Å²) in [6, 6.07) is 0. The summed E-state index contributed by atoms with van der Waals surface area (Å²) in [7, 11) is -2.80. The van der Waals surface area contributed by atoms with Crippen molar-refractivity contribution in [2.45, 2.75) is 38.5 Å². The van der Waals surface area contributed by atoms with Gasteiger partial charge in [-0.1, -0.05) is 19.3 Å². The first kappa shape index (κ1) is 14.8. The van der Waals surface area contributed by atoms with Gasteiger partial charge < -0.3 is 0 Å². The fraction of sp³-hybridized carbons (Fsp3) is 0.917. The van der Waals surface area contributed by atoms with Crippen LogP contribution in [0.1, 0.15) is 38.5 Å². The third kappa shape index (κ3) is 6.92. The normalized spacial score (nSPS) is 25.2. The Morgan fingerprint density at radius 1 is 1.29 bits per heavy atom. The van der Waals surface area contributed by atoms with E-state index >= 15 is 0 Å². The van der Waals surface area contributed by atoms with E-state index in [9.17, 15) is 8.42 Å². The Hall–Kier alpha value is -0.250. The van der Waals surface area contributed by atoms with Gasteiger partial charge in [0.05, 0.1) is 10.9 Å². The highest BCUT2D eigenvalue weighted by Gasteiger charge is 2.22. The molecule has 0 aromatic rings. The molecule has 0 amide bonds. The maximum Gasteiger partial charge on any atom is 0.147 e. The van der Waals surface area contributed by atoms with E-state index in [-0.39, 0.29) is 0 Å². The van der Waals surface area contributed by atoms with Crippen LogP contribution in [0.4, 0.5) is 0 Å². The Bertz CT molecular complexity index is 372. The minimum atomic E-state index is -2.80. The summed E-state index contributed by atoms with van der Waals surface area (Å²) in [6.07, 6.45) is 8.03. The molecule has 1 aliphatic rings. The molecule has 0 aromatic heterocycles. The van der Waals surface area contributed by atoms with Crippen LogP contribution in [0.15, 0.2) is 4.99 Å². The molecule has 0 radical (unpaired) electrons. The molecule has 1 saturated carbocycles. The minimum absolute atomic E-state index is 0.336. The number of isothiocyanates is 1. The lowest BCUT2D eigenvalue weighted by Crippen LogP contribution is -2.19. The number of sulfone groups is 1. The summed E-state index contributed by atoms with van der Waals surface area (Å²) < 4.78 is 22.3. The SMILES string of the molecule is CS(=O)(=O)CCC1CCCC(CCN=C=S)C1. The van der Waals surface area contributed by atoms with E-state index in [2.05, 4.69) is 22.4 Å². The van der Waals surface area contributed by atoms with Crippen LogP contribution in [0, 0.1) is 11.8 Å². The van der Waals surface area contributed by atoms with Crippen molar-refractivity contribution in [3.05, 3.63) is 0 Å². The molecule has 0 bridgehead atoms. The Morgan fingerprint density at radius 3 is 2.53 bits per heavy atom. The molecule has 0 aromatic carbocycles. The number of thiocarbonyl (C=S) groups is 1.